The molecule has 2 aliphatic heterocycles. The Labute approximate surface area is 135 Å². The maximum Gasteiger partial charge on any atom is 0.230 e. The third-order valence-electron chi connectivity index (χ3n) is 5.30. The zero-order valence-corrected chi connectivity index (χ0v) is 13.6. The van der Waals surface area contributed by atoms with Crippen molar-refractivity contribution in [1.82, 2.24) is 19.9 Å². The quantitative estimate of drug-likeness (QED) is 0.943. The number of nitrogens with zero attached hydrogens (tertiary/aromatic N) is 4. The standard InChI is InChI=1S/C17H23N5O/c1-2-8-21-9-3-5-17(16(21)23)6-10-22(11-17)15-13-4-7-18-14(13)19-12-20-15/h4,7,12H,2-3,5-6,8-11H2,1H3,(H,18,19,20)/t17-/m1/s1. The van der Waals surface area contributed by atoms with Crippen molar-refractivity contribution in [2.24, 2.45) is 5.41 Å². The van der Waals surface area contributed by atoms with E-state index in [-0.39, 0.29) is 5.41 Å². The Kier molecular flexibility index (Phi) is 3.47. The first-order valence-electron chi connectivity index (χ1n) is 8.56. The number of hydrogen-bond donors (Lipinski definition) is 1. The highest BCUT2D eigenvalue weighted by Crippen LogP contribution is 2.42. The Hall–Kier alpha value is -2.11. The number of H-pyrrole nitrogens is 1. The van der Waals surface area contributed by atoms with Crippen molar-refractivity contribution in [3.05, 3.63) is 18.6 Å². The minimum absolute atomic E-state index is 0.207. The van der Waals surface area contributed by atoms with Crippen molar-refractivity contribution in [2.75, 3.05) is 31.1 Å². The van der Waals surface area contributed by atoms with Crippen LogP contribution >= 0.6 is 0 Å². The summed E-state index contributed by atoms with van der Waals surface area (Å²) in [6, 6.07) is 2.02. The van der Waals surface area contributed by atoms with Gasteiger partial charge in [0, 0.05) is 32.4 Å². The third kappa shape index (κ3) is 2.28. The van der Waals surface area contributed by atoms with E-state index in [1.54, 1.807) is 6.33 Å². The van der Waals surface area contributed by atoms with Crippen molar-refractivity contribution < 1.29 is 4.79 Å². The molecule has 0 saturated carbocycles. The predicted molar refractivity (Wildman–Crippen MR) is 89.3 cm³/mol. The topological polar surface area (TPSA) is 65.1 Å². The fourth-order valence-electron chi connectivity index (χ4n) is 4.18. The summed E-state index contributed by atoms with van der Waals surface area (Å²) in [5.41, 5.74) is 0.652. The van der Waals surface area contributed by atoms with E-state index >= 15 is 0 Å². The van der Waals surface area contributed by atoms with Gasteiger partial charge in [0.2, 0.25) is 5.91 Å². The molecule has 1 atom stereocenters. The van der Waals surface area contributed by atoms with Gasteiger partial charge in [-0.3, -0.25) is 4.79 Å². The summed E-state index contributed by atoms with van der Waals surface area (Å²) in [5.74, 6) is 1.31. The number of anilines is 1. The zero-order chi connectivity index (χ0) is 15.9. The van der Waals surface area contributed by atoms with Gasteiger partial charge in [0.05, 0.1) is 10.8 Å². The molecule has 4 heterocycles. The molecule has 1 N–H and O–H groups in total. The summed E-state index contributed by atoms with van der Waals surface area (Å²) < 4.78 is 0. The van der Waals surface area contributed by atoms with E-state index in [1.807, 2.05) is 12.3 Å². The van der Waals surface area contributed by atoms with Gasteiger partial charge in [-0.2, -0.15) is 0 Å². The largest absolute Gasteiger partial charge is 0.355 e. The minimum Gasteiger partial charge on any atom is -0.355 e. The monoisotopic (exact) mass is 313 g/mol. The summed E-state index contributed by atoms with van der Waals surface area (Å²) >= 11 is 0. The van der Waals surface area contributed by atoms with Gasteiger partial charge in [-0.15, -0.1) is 0 Å². The smallest absolute Gasteiger partial charge is 0.230 e. The number of likely N-dealkylation sites (tertiary alicyclic amines) is 1. The number of hydrogen-bond acceptors (Lipinski definition) is 4. The van der Waals surface area contributed by atoms with Gasteiger partial charge < -0.3 is 14.8 Å². The van der Waals surface area contributed by atoms with Crippen molar-refractivity contribution in [2.45, 2.75) is 32.6 Å². The van der Waals surface area contributed by atoms with Gasteiger partial charge in [-0.25, -0.2) is 9.97 Å². The molecule has 0 radical (unpaired) electrons. The van der Waals surface area contributed by atoms with Crippen LogP contribution in [0, 0.1) is 5.41 Å². The summed E-state index contributed by atoms with van der Waals surface area (Å²) in [6.07, 6.45) is 7.57. The average Bonchev–Trinajstić information content (AvgIpc) is 3.19. The Morgan fingerprint density at radius 1 is 1.30 bits per heavy atom. The van der Waals surface area contributed by atoms with Crippen LogP contribution in [0.2, 0.25) is 0 Å². The molecule has 0 aromatic carbocycles. The maximum absolute atomic E-state index is 13.0. The van der Waals surface area contributed by atoms with Crippen LogP contribution in [-0.4, -0.2) is 51.9 Å². The van der Waals surface area contributed by atoms with Gasteiger partial charge >= 0.3 is 0 Å². The van der Waals surface area contributed by atoms with E-state index < -0.39 is 0 Å². The molecule has 122 valence electrons. The molecule has 6 heteroatoms. The Balaban J connectivity index is 1.61. The molecule has 2 saturated heterocycles. The molecule has 0 aliphatic carbocycles. The molecular weight excluding hydrogens is 290 g/mol. The van der Waals surface area contributed by atoms with Crippen LogP contribution in [0.3, 0.4) is 0 Å². The molecule has 1 amide bonds. The molecule has 23 heavy (non-hydrogen) atoms. The van der Waals surface area contributed by atoms with Crippen molar-refractivity contribution in [3.63, 3.8) is 0 Å². The van der Waals surface area contributed by atoms with Crippen LogP contribution in [0.5, 0.6) is 0 Å². The van der Waals surface area contributed by atoms with E-state index in [0.717, 1.165) is 68.7 Å². The summed E-state index contributed by atoms with van der Waals surface area (Å²) in [6.45, 7) is 5.62. The second-order valence-electron chi connectivity index (χ2n) is 6.78. The predicted octanol–water partition coefficient (Wildman–Crippen LogP) is 2.19. The van der Waals surface area contributed by atoms with E-state index in [4.69, 9.17) is 0 Å². The van der Waals surface area contributed by atoms with Crippen LogP contribution in [0.25, 0.3) is 11.0 Å². The molecule has 4 rings (SSSR count). The second kappa shape index (κ2) is 5.51. The van der Waals surface area contributed by atoms with E-state index in [2.05, 4.69) is 31.7 Å². The van der Waals surface area contributed by atoms with Crippen LogP contribution < -0.4 is 4.90 Å². The van der Waals surface area contributed by atoms with Crippen molar-refractivity contribution >= 4 is 22.8 Å². The second-order valence-corrected chi connectivity index (χ2v) is 6.78. The van der Waals surface area contributed by atoms with Gasteiger partial charge in [0.25, 0.3) is 0 Å². The van der Waals surface area contributed by atoms with Gasteiger partial charge in [-0.05, 0) is 31.7 Å². The molecule has 0 bridgehead atoms. The van der Waals surface area contributed by atoms with Crippen LogP contribution in [0.4, 0.5) is 5.82 Å². The SMILES string of the molecule is CCCN1CCC[C@]2(CCN(c3ncnc4[nH]ccc34)C2)C1=O. The number of aromatic amines is 1. The lowest BCUT2D eigenvalue weighted by atomic mass is 9.78. The third-order valence-corrected chi connectivity index (χ3v) is 5.30. The first-order chi connectivity index (χ1) is 11.2. The van der Waals surface area contributed by atoms with E-state index in [0.29, 0.717) is 5.91 Å². The van der Waals surface area contributed by atoms with Crippen molar-refractivity contribution in [1.29, 1.82) is 0 Å². The van der Waals surface area contributed by atoms with Crippen LogP contribution in [-0.2, 0) is 4.79 Å². The first-order valence-corrected chi connectivity index (χ1v) is 8.56. The normalized spacial score (nSPS) is 25.0. The average molecular weight is 313 g/mol. The number of carbonyl (C=O) groups is 1. The highest BCUT2D eigenvalue weighted by molar-refractivity contribution is 5.89. The first kappa shape index (κ1) is 14.5. The number of nitrogens with one attached hydrogen (secondary N) is 1. The molecule has 1 spiro atoms. The zero-order valence-electron chi connectivity index (χ0n) is 13.6. The number of aromatic nitrogens is 3. The number of fused-ring (bicyclic) bond motifs is 1. The lowest BCUT2D eigenvalue weighted by Crippen LogP contribution is -2.50. The van der Waals surface area contributed by atoms with Crippen molar-refractivity contribution in [3.8, 4) is 0 Å². The number of carbonyl (C=O) groups excluding carboxylic acids is 1. The van der Waals surface area contributed by atoms with E-state index in [9.17, 15) is 4.79 Å². The number of rotatable bonds is 3. The lowest BCUT2D eigenvalue weighted by molar-refractivity contribution is -0.145. The summed E-state index contributed by atoms with van der Waals surface area (Å²) in [4.78, 5) is 29.2. The number of amides is 1. The summed E-state index contributed by atoms with van der Waals surface area (Å²) in [7, 11) is 0. The Bertz CT molecular complexity index is 725. The van der Waals surface area contributed by atoms with Crippen LogP contribution in [0.1, 0.15) is 32.6 Å². The summed E-state index contributed by atoms with van der Waals surface area (Å²) in [5, 5.41) is 1.04. The fourth-order valence-corrected chi connectivity index (χ4v) is 4.18. The highest BCUT2D eigenvalue weighted by atomic mass is 16.2. The van der Waals surface area contributed by atoms with Gasteiger partial charge in [0.1, 0.15) is 17.8 Å². The van der Waals surface area contributed by atoms with Gasteiger partial charge in [0.15, 0.2) is 0 Å². The fraction of sp³-hybridized carbons (Fsp3) is 0.588. The maximum atomic E-state index is 13.0. The molecule has 2 fully saturated rings. The van der Waals surface area contributed by atoms with Crippen LogP contribution in [0.15, 0.2) is 18.6 Å². The molecule has 0 unspecified atom stereocenters. The van der Waals surface area contributed by atoms with Gasteiger partial charge in [-0.1, -0.05) is 6.92 Å². The molecular formula is C17H23N5O. The molecule has 2 aliphatic rings. The molecule has 6 nitrogen and oxygen atoms in total. The minimum atomic E-state index is -0.207. The molecule has 2 aromatic heterocycles. The molecule has 2 aromatic rings. The van der Waals surface area contributed by atoms with E-state index in [1.165, 1.54) is 0 Å². The lowest BCUT2D eigenvalue weighted by Gasteiger charge is -2.39. The number of piperidine rings is 1. The Morgan fingerprint density at radius 3 is 3.09 bits per heavy atom. The Morgan fingerprint density at radius 2 is 2.22 bits per heavy atom. The highest BCUT2D eigenvalue weighted by Gasteiger charge is 2.48.